The van der Waals surface area contributed by atoms with Crippen molar-refractivity contribution >= 4 is 72.7 Å². The standard InChI is InChI=1S/C40H25BN2O/c1-3-12-27(13-4-1)42(28-14-5-2-6-15-28)29-22-23-31-32-17-9-18-33-40(32)43(35(31)25-29)34-19-10-20-36-39(34)41(33)38-30-16-8-7-11-26(30)21-24-37(38)44-36/h1-25H. The molecule has 1 aromatic heterocycles. The normalized spacial score (nSPS) is 12.7. The van der Waals surface area contributed by atoms with Gasteiger partial charge in [-0.25, -0.2) is 0 Å². The minimum absolute atomic E-state index is 0.0844. The van der Waals surface area contributed by atoms with E-state index in [4.69, 9.17) is 4.74 Å². The number of rotatable bonds is 3. The van der Waals surface area contributed by atoms with Gasteiger partial charge in [0, 0.05) is 39.0 Å². The zero-order chi connectivity index (χ0) is 28.8. The summed E-state index contributed by atoms with van der Waals surface area (Å²) in [5, 5.41) is 5.02. The summed E-state index contributed by atoms with van der Waals surface area (Å²) in [5.41, 5.74) is 10.9. The number of hydrogen-bond acceptors (Lipinski definition) is 2. The van der Waals surface area contributed by atoms with E-state index in [9.17, 15) is 0 Å². The third-order valence-corrected chi connectivity index (χ3v) is 9.41. The zero-order valence-electron chi connectivity index (χ0n) is 23.8. The van der Waals surface area contributed by atoms with Crippen molar-refractivity contribution in [1.82, 2.24) is 4.57 Å². The Hall–Kier alpha value is -5.74. The maximum Gasteiger partial charge on any atom is 0.257 e. The highest BCUT2D eigenvalue weighted by molar-refractivity contribution is 7.00. The van der Waals surface area contributed by atoms with Crippen LogP contribution in [-0.4, -0.2) is 11.3 Å². The maximum absolute atomic E-state index is 6.69. The molecule has 0 spiro atoms. The van der Waals surface area contributed by atoms with Crippen LogP contribution in [0.25, 0.3) is 38.3 Å². The lowest BCUT2D eigenvalue weighted by Crippen LogP contribution is -2.58. The number of fused-ring (bicyclic) bond motifs is 9. The molecule has 2 aliphatic heterocycles. The van der Waals surface area contributed by atoms with Crippen molar-refractivity contribution in [2.24, 2.45) is 0 Å². The van der Waals surface area contributed by atoms with Crippen LogP contribution in [0, 0.1) is 0 Å². The Morgan fingerprint density at radius 3 is 2.02 bits per heavy atom. The quantitative estimate of drug-likeness (QED) is 0.202. The van der Waals surface area contributed by atoms with E-state index in [2.05, 4.69) is 161 Å². The van der Waals surface area contributed by atoms with Gasteiger partial charge in [-0.05, 0) is 81.8 Å². The number of benzene rings is 7. The molecule has 10 rings (SSSR count). The molecule has 44 heavy (non-hydrogen) atoms. The lowest BCUT2D eigenvalue weighted by Gasteiger charge is -2.34. The molecule has 3 nitrogen and oxygen atoms in total. The number of aromatic nitrogens is 1. The second kappa shape index (κ2) is 8.89. The van der Waals surface area contributed by atoms with Gasteiger partial charge >= 0.3 is 0 Å². The van der Waals surface area contributed by atoms with E-state index in [0.717, 1.165) is 28.6 Å². The van der Waals surface area contributed by atoms with Crippen LogP contribution >= 0.6 is 0 Å². The number of para-hydroxylation sites is 3. The summed E-state index contributed by atoms with van der Waals surface area (Å²) < 4.78 is 9.17. The summed E-state index contributed by atoms with van der Waals surface area (Å²) in [6.45, 7) is 0.0844. The van der Waals surface area contributed by atoms with E-state index < -0.39 is 0 Å². The van der Waals surface area contributed by atoms with Crippen molar-refractivity contribution in [2.75, 3.05) is 4.90 Å². The SMILES string of the molecule is c1ccc(N(c2ccccc2)c2ccc3c4cccc5c4n(c3c2)-c2cccc3c2B5c2c(ccc4ccccc24)O3)cc1. The molecule has 0 unspecified atom stereocenters. The van der Waals surface area contributed by atoms with E-state index in [-0.39, 0.29) is 6.71 Å². The Morgan fingerprint density at radius 1 is 0.500 bits per heavy atom. The van der Waals surface area contributed by atoms with E-state index in [1.54, 1.807) is 0 Å². The molecule has 0 bridgehead atoms. The van der Waals surface area contributed by atoms with E-state index in [0.29, 0.717) is 0 Å². The van der Waals surface area contributed by atoms with Gasteiger partial charge in [0.2, 0.25) is 0 Å². The molecule has 2 aliphatic rings. The molecular weight excluding hydrogens is 535 g/mol. The van der Waals surface area contributed by atoms with Crippen molar-refractivity contribution in [1.29, 1.82) is 0 Å². The minimum atomic E-state index is 0.0844. The Labute approximate surface area is 255 Å². The summed E-state index contributed by atoms with van der Waals surface area (Å²) in [7, 11) is 0. The van der Waals surface area contributed by atoms with E-state index in [1.807, 2.05) is 0 Å². The molecule has 8 aromatic rings. The first-order chi connectivity index (χ1) is 21.8. The third-order valence-electron chi connectivity index (χ3n) is 9.41. The summed E-state index contributed by atoms with van der Waals surface area (Å²) in [6, 6.07) is 54.5. The highest BCUT2D eigenvalue weighted by Crippen LogP contribution is 2.41. The Bertz CT molecular complexity index is 2390. The fourth-order valence-corrected chi connectivity index (χ4v) is 7.65. The second-order valence-corrected chi connectivity index (χ2v) is 11.7. The fraction of sp³-hybridized carbons (Fsp3) is 0. The first kappa shape index (κ1) is 23.8. The average molecular weight is 560 g/mol. The molecule has 0 N–H and O–H groups in total. The van der Waals surface area contributed by atoms with Crippen LogP contribution in [0.3, 0.4) is 0 Å². The monoisotopic (exact) mass is 560 g/mol. The summed E-state index contributed by atoms with van der Waals surface area (Å²) in [5.74, 6) is 1.88. The van der Waals surface area contributed by atoms with E-state index in [1.165, 1.54) is 54.7 Å². The van der Waals surface area contributed by atoms with Crippen LogP contribution < -0.4 is 26.0 Å². The topological polar surface area (TPSA) is 17.4 Å². The lowest BCUT2D eigenvalue weighted by molar-refractivity contribution is 0.488. The summed E-state index contributed by atoms with van der Waals surface area (Å²) in [6.07, 6.45) is 0. The van der Waals surface area contributed by atoms with Crippen LogP contribution in [0.1, 0.15) is 0 Å². The van der Waals surface area contributed by atoms with Gasteiger partial charge in [0.1, 0.15) is 11.5 Å². The molecule has 0 saturated carbocycles. The largest absolute Gasteiger partial charge is 0.458 e. The fourth-order valence-electron chi connectivity index (χ4n) is 7.65. The molecular formula is C40H25BN2O. The lowest BCUT2D eigenvalue weighted by atomic mass is 9.34. The average Bonchev–Trinajstić information content (AvgIpc) is 3.42. The Morgan fingerprint density at radius 2 is 1.20 bits per heavy atom. The zero-order valence-corrected chi connectivity index (χ0v) is 23.8. The third kappa shape index (κ3) is 3.17. The smallest absolute Gasteiger partial charge is 0.257 e. The first-order valence-corrected chi connectivity index (χ1v) is 15.2. The predicted octanol–water partition coefficient (Wildman–Crippen LogP) is 8.34. The number of nitrogens with zero attached hydrogens (tertiary/aromatic N) is 2. The molecule has 4 heteroatoms. The van der Waals surface area contributed by atoms with Gasteiger partial charge in [0.25, 0.3) is 6.71 Å². The van der Waals surface area contributed by atoms with E-state index >= 15 is 0 Å². The maximum atomic E-state index is 6.69. The van der Waals surface area contributed by atoms with Crippen molar-refractivity contribution < 1.29 is 4.74 Å². The van der Waals surface area contributed by atoms with Gasteiger partial charge in [-0.3, -0.25) is 0 Å². The van der Waals surface area contributed by atoms with Crippen molar-refractivity contribution in [2.45, 2.75) is 0 Å². The summed E-state index contributed by atoms with van der Waals surface area (Å²) >= 11 is 0. The first-order valence-electron chi connectivity index (χ1n) is 15.2. The molecule has 7 aromatic carbocycles. The number of anilines is 3. The van der Waals surface area contributed by atoms with Crippen LogP contribution in [0.15, 0.2) is 152 Å². The van der Waals surface area contributed by atoms with Gasteiger partial charge in [-0.15, -0.1) is 0 Å². The second-order valence-electron chi connectivity index (χ2n) is 11.7. The van der Waals surface area contributed by atoms with Crippen LogP contribution in [0.4, 0.5) is 17.1 Å². The Balaban J connectivity index is 1.29. The highest BCUT2D eigenvalue weighted by Gasteiger charge is 2.41. The van der Waals surface area contributed by atoms with Crippen molar-refractivity contribution in [3.05, 3.63) is 152 Å². The highest BCUT2D eigenvalue weighted by atomic mass is 16.5. The predicted molar refractivity (Wildman–Crippen MR) is 184 cm³/mol. The molecule has 0 atom stereocenters. The summed E-state index contributed by atoms with van der Waals surface area (Å²) in [4.78, 5) is 2.34. The molecule has 0 radical (unpaired) electrons. The molecule has 3 heterocycles. The van der Waals surface area contributed by atoms with Crippen LogP contribution in [0.2, 0.25) is 0 Å². The molecule has 0 fully saturated rings. The molecule has 0 saturated heterocycles. The number of ether oxygens (including phenoxy) is 1. The van der Waals surface area contributed by atoms with Crippen molar-refractivity contribution in [3.63, 3.8) is 0 Å². The van der Waals surface area contributed by atoms with Crippen LogP contribution in [-0.2, 0) is 0 Å². The van der Waals surface area contributed by atoms with Crippen molar-refractivity contribution in [3.8, 4) is 17.2 Å². The van der Waals surface area contributed by atoms with Gasteiger partial charge < -0.3 is 14.2 Å². The molecule has 0 aliphatic carbocycles. The number of hydrogen-bond donors (Lipinski definition) is 0. The molecule has 204 valence electrons. The Kier molecular flexibility index (Phi) is 4.80. The molecule has 0 amide bonds. The van der Waals surface area contributed by atoms with Gasteiger partial charge in [0.15, 0.2) is 0 Å². The van der Waals surface area contributed by atoms with Gasteiger partial charge in [-0.2, -0.15) is 0 Å². The van der Waals surface area contributed by atoms with Gasteiger partial charge in [0.05, 0.1) is 5.52 Å². The van der Waals surface area contributed by atoms with Gasteiger partial charge in [-0.1, -0.05) is 97.1 Å². The minimum Gasteiger partial charge on any atom is -0.458 e. The van der Waals surface area contributed by atoms with Crippen LogP contribution in [0.5, 0.6) is 11.5 Å².